The van der Waals surface area contributed by atoms with Crippen LogP contribution in [-0.2, 0) is 33.3 Å². The number of rotatable bonds is 6. The monoisotopic (exact) mass is 477 g/mol. The Morgan fingerprint density at radius 1 is 0.794 bits per heavy atom. The number of hydrogen-bond donors (Lipinski definition) is 0. The zero-order valence-electron chi connectivity index (χ0n) is 18.7. The van der Waals surface area contributed by atoms with Crippen LogP contribution in [0.2, 0.25) is 0 Å². The van der Waals surface area contributed by atoms with Gasteiger partial charge in [0.05, 0.1) is 23.6 Å². The predicted molar refractivity (Wildman–Crippen MR) is 126 cm³/mol. The van der Waals surface area contributed by atoms with Crippen molar-refractivity contribution in [2.75, 3.05) is 19.1 Å². The third-order valence-corrected chi connectivity index (χ3v) is 9.04. The number of ether oxygens (including phenoxy) is 1. The molecule has 4 atom stereocenters. The standard InChI is InChI=1S/C26H24NO6P/c1-31-34(30,32-2)26(19-14-8-4-9-15-19)22-21(23(33-26)18-12-6-3-7-13-18)24(28)27(25(22)29)20-16-10-5-11-17-20/h3-17,21-23H,1-2H3. The largest absolute Gasteiger partial charge is 0.367 e. The number of anilines is 1. The Bertz CT molecular complexity index is 1240. The number of carbonyl (C=O) groups is 2. The highest BCUT2D eigenvalue weighted by molar-refractivity contribution is 7.55. The number of carbonyl (C=O) groups excluding carboxylic acids is 2. The average Bonchev–Trinajstić information content (AvgIpc) is 3.39. The summed E-state index contributed by atoms with van der Waals surface area (Å²) < 4.78 is 31.8. The molecule has 2 amide bonds. The lowest BCUT2D eigenvalue weighted by atomic mass is 9.84. The van der Waals surface area contributed by atoms with Crippen LogP contribution in [0.5, 0.6) is 0 Å². The number of para-hydroxylation sites is 1. The molecule has 7 nitrogen and oxygen atoms in total. The van der Waals surface area contributed by atoms with Crippen LogP contribution in [0.4, 0.5) is 5.69 Å². The van der Waals surface area contributed by atoms with Crippen LogP contribution >= 0.6 is 7.60 Å². The van der Waals surface area contributed by atoms with Gasteiger partial charge in [-0.2, -0.15) is 0 Å². The molecule has 3 aromatic rings. The maximum absolute atomic E-state index is 14.2. The van der Waals surface area contributed by atoms with Crippen molar-refractivity contribution in [2.24, 2.45) is 11.8 Å². The van der Waals surface area contributed by atoms with Gasteiger partial charge in [0.2, 0.25) is 17.2 Å². The third-order valence-electron chi connectivity index (χ3n) is 6.62. The molecule has 2 fully saturated rings. The average molecular weight is 477 g/mol. The molecule has 0 saturated carbocycles. The number of imide groups is 1. The van der Waals surface area contributed by atoms with Crippen LogP contribution in [0.25, 0.3) is 0 Å². The quantitative estimate of drug-likeness (QED) is 0.371. The van der Waals surface area contributed by atoms with E-state index >= 15 is 0 Å². The second kappa shape index (κ2) is 8.60. The lowest BCUT2D eigenvalue weighted by Crippen LogP contribution is -2.41. The van der Waals surface area contributed by atoms with Crippen molar-refractivity contribution in [1.29, 1.82) is 0 Å². The zero-order chi connectivity index (χ0) is 23.9. The molecule has 5 rings (SSSR count). The summed E-state index contributed by atoms with van der Waals surface area (Å²) in [5.41, 5.74) is 1.60. The van der Waals surface area contributed by atoms with Gasteiger partial charge in [-0.25, -0.2) is 4.90 Å². The van der Waals surface area contributed by atoms with Crippen molar-refractivity contribution >= 4 is 25.1 Å². The minimum absolute atomic E-state index is 0.411. The van der Waals surface area contributed by atoms with Crippen LogP contribution in [0.15, 0.2) is 91.0 Å². The number of nitrogens with zero attached hydrogens (tertiary/aromatic N) is 1. The second-order valence-electron chi connectivity index (χ2n) is 8.23. The molecule has 0 spiro atoms. The molecule has 2 aliphatic heterocycles. The van der Waals surface area contributed by atoms with E-state index in [-0.39, 0.29) is 0 Å². The minimum atomic E-state index is -4.11. The fourth-order valence-electron chi connectivity index (χ4n) is 5.16. The van der Waals surface area contributed by atoms with Gasteiger partial charge in [0.25, 0.3) is 0 Å². The summed E-state index contributed by atoms with van der Waals surface area (Å²) in [6, 6.07) is 26.7. The van der Waals surface area contributed by atoms with E-state index in [4.69, 9.17) is 13.8 Å². The number of amides is 2. The Kier molecular flexibility index (Phi) is 5.74. The summed E-state index contributed by atoms with van der Waals surface area (Å²) in [6.07, 6.45) is -0.838. The maximum Gasteiger partial charge on any atom is 0.367 e. The van der Waals surface area contributed by atoms with Crippen molar-refractivity contribution in [3.05, 3.63) is 102 Å². The summed E-state index contributed by atoms with van der Waals surface area (Å²) in [6.45, 7) is 0. The highest BCUT2D eigenvalue weighted by Gasteiger charge is 2.74. The SMILES string of the molecule is COP(=O)(OC)C1(c2ccccc2)OC(c2ccccc2)C2C(=O)N(c3ccccc3)C(=O)C21. The van der Waals surface area contributed by atoms with Gasteiger partial charge in [-0.3, -0.25) is 14.2 Å². The first-order valence-corrected chi connectivity index (χ1v) is 12.5. The second-order valence-corrected chi connectivity index (χ2v) is 10.6. The molecule has 4 unspecified atom stereocenters. The van der Waals surface area contributed by atoms with E-state index in [1.54, 1.807) is 54.6 Å². The Morgan fingerprint density at radius 3 is 1.88 bits per heavy atom. The first kappa shape index (κ1) is 22.7. The lowest BCUT2D eigenvalue weighted by Gasteiger charge is -2.38. The molecule has 0 N–H and O–H groups in total. The summed E-state index contributed by atoms with van der Waals surface area (Å²) in [5.74, 6) is -2.96. The van der Waals surface area contributed by atoms with E-state index in [1.807, 2.05) is 36.4 Å². The normalized spacial score (nSPS) is 26.6. The summed E-state index contributed by atoms with van der Waals surface area (Å²) >= 11 is 0. The Hall–Kier alpha value is -3.09. The van der Waals surface area contributed by atoms with E-state index in [1.165, 1.54) is 19.1 Å². The highest BCUT2D eigenvalue weighted by atomic mass is 31.2. The van der Waals surface area contributed by atoms with E-state index in [2.05, 4.69) is 0 Å². The van der Waals surface area contributed by atoms with Crippen molar-refractivity contribution in [3.8, 4) is 0 Å². The Balaban J connectivity index is 1.78. The van der Waals surface area contributed by atoms with Crippen molar-refractivity contribution < 1.29 is 27.9 Å². The number of hydrogen-bond acceptors (Lipinski definition) is 6. The molecule has 8 heteroatoms. The van der Waals surface area contributed by atoms with Gasteiger partial charge in [0.1, 0.15) is 0 Å². The number of fused-ring (bicyclic) bond motifs is 1. The summed E-state index contributed by atoms with van der Waals surface area (Å²) in [5, 5.41) is -1.82. The van der Waals surface area contributed by atoms with E-state index in [9.17, 15) is 14.2 Å². The fourth-order valence-corrected chi connectivity index (χ4v) is 7.17. The molecule has 0 aromatic heterocycles. The molecule has 2 saturated heterocycles. The molecule has 2 heterocycles. The van der Waals surface area contributed by atoms with Gasteiger partial charge in [0.15, 0.2) is 0 Å². The van der Waals surface area contributed by atoms with E-state index in [0.717, 1.165) is 0 Å². The Morgan fingerprint density at radius 2 is 1.32 bits per heavy atom. The van der Waals surface area contributed by atoms with Gasteiger partial charge < -0.3 is 13.8 Å². The van der Waals surface area contributed by atoms with Crippen molar-refractivity contribution in [3.63, 3.8) is 0 Å². The topological polar surface area (TPSA) is 82.1 Å². The molecule has 34 heavy (non-hydrogen) atoms. The van der Waals surface area contributed by atoms with Gasteiger partial charge in [-0.15, -0.1) is 0 Å². The molecule has 174 valence electrons. The summed E-state index contributed by atoms with van der Waals surface area (Å²) in [4.78, 5) is 29.1. The van der Waals surface area contributed by atoms with Crippen LogP contribution in [0, 0.1) is 11.8 Å². The minimum Gasteiger partial charge on any atom is -0.348 e. The molecule has 0 aliphatic carbocycles. The molecule has 0 bridgehead atoms. The smallest absolute Gasteiger partial charge is 0.348 e. The van der Waals surface area contributed by atoms with Gasteiger partial charge >= 0.3 is 7.60 Å². The van der Waals surface area contributed by atoms with E-state index < -0.39 is 42.7 Å². The summed E-state index contributed by atoms with van der Waals surface area (Å²) in [7, 11) is -1.59. The number of benzene rings is 3. The van der Waals surface area contributed by atoms with E-state index in [0.29, 0.717) is 16.8 Å². The van der Waals surface area contributed by atoms with Gasteiger partial charge in [-0.05, 0) is 23.3 Å². The van der Waals surface area contributed by atoms with Crippen molar-refractivity contribution in [1.82, 2.24) is 0 Å². The fraction of sp³-hybridized carbons (Fsp3) is 0.231. The molecular weight excluding hydrogens is 453 g/mol. The van der Waals surface area contributed by atoms with Crippen LogP contribution in [0.1, 0.15) is 17.2 Å². The van der Waals surface area contributed by atoms with Gasteiger partial charge in [0, 0.05) is 14.2 Å². The maximum atomic E-state index is 14.2. The zero-order valence-corrected chi connectivity index (χ0v) is 19.6. The third kappa shape index (κ3) is 3.12. The van der Waals surface area contributed by atoms with Crippen LogP contribution in [0.3, 0.4) is 0 Å². The van der Waals surface area contributed by atoms with Gasteiger partial charge in [-0.1, -0.05) is 78.9 Å². The highest BCUT2D eigenvalue weighted by Crippen LogP contribution is 2.75. The lowest BCUT2D eigenvalue weighted by molar-refractivity contribution is -0.128. The van der Waals surface area contributed by atoms with Crippen LogP contribution in [-0.4, -0.2) is 26.0 Å². The first-order chi connectivity index (χ1) is 16.5. The van der Waals surface area contributed by atoms with Crippen molar-refractivity contribution in [2.45, 2.75) is 11.4 Å². The van der Waals surface area contributed by atoms with Crippen LogP contribution < -0.4 is 4.90 Å². The molecule has 2 aliphatic rings. The predicted octanol–water partition coefficient (Wildman–Crippen LogP) is 4.90. The molecule has 3 aromatic carbocycles. The molecular formula is C26H24NO6P. The Labute approximate surface area is 197 Å². The molecule has 0 radical (unpaired) electrons. The first-order valence-electron chi connectivity index (χ1n) is 10.9.